The zero-order chi connectivity index (χ0) is 14.4. The standard InChI is InChI=1S/C12H23N3O4.ClH/c1-14(2)11(17)8-15(4-5-19-3)12(18)10-6-9(16)7-13-10;/h9-10,13,16H,4-8H2,1-3H3;1H. The van der Waals surface area contributed by atoms with Gasteiger partial charge in [-0.3, -0.25) is 9.59 Å². The molecule has 2 unspecified atom stereocenters. The molecule has 20 heavy (non-hydrogen) atoms. The number of rotatable bonds is 6. The number of amides is 2. The summed E-state index contributed by atoms with van der Waals surface area (Å²) in [6, 6.07) is -0.415. The number of hydrogen-bond acceptors (Lipinski definition) is 5. The van der Waals surface area contributed by atoms with Gasteiger partial charge in [0.05, 0.1) is 25.3 Å². The van der Waals surface area contributed by atoms with Gasteiger partial charge in [-0.15, -0.1) is 12.4 Å². The van der Waals surface area contributed by atoms with Crippen molar-refractivity contribution < 1.29 is 19.4 Å². The van der Waals surface area contributed by atoms with E-state index in [1.165, 1.54) is 9.80 Å². The van der Waals surface area contributed by atoms with Crippen LogP contribution in [0.25, 0.3) is 0 Å². The molecule has 7 nitrogen and oxygen atoms in total. The predicted octanol–water partition coefficient (Wildman–Crippen LogP) is -1.31. The maximum absolute atomic E-state index is 12.3. The van der Waals surface area contributed by atoms with Crippen LogP contribution in [-0.4, -0.2) is 86.3 Å². The number of carbonyl (C=O) groups is 2. The number of methoxy groups -OCH3 is 1. The normalized spacial score (nSPS) is 21.2. The number of aliphatic hydroxyl groups excluding tert-OH is 1. The van der Waals surface area contributed by atoms with Crippen LogP contribution < -0.4 is 5.32 Å². The highest BCUT2D eigenvalue weighted by Gasteiger charge is 2.32. The highest BCUT2D eigenvalue weighted by Crippen LogP contribution is 2.09. The van der Waals surface area contributed by atoms with Crippen LogP contribution in [0.5, 0.6) is 0 Å². The second kappa shape index (κ2) is 9.12. The van der Waals surface area contributed by atoms with Crippen molar-refractivity contribution in [2.45, 2.75) is 18.6 Å². The van der Waals surface area contributed by atoms with Crippen LogP contribution in [-0.2, 0) is 14.3 Å². The topological polar surface area (TPSA) is 82.1 Å². The Hall–Kier alpha value is -0.890. The molecule has 2 amide bonds. The van der Waals surface area contributed by atoms with E-state index in [4.69, 9.17) is 4.74 Å². The first kappa shape index (κ1) is 19.1. The number of likely N-dealkylation sites (N-methyl/N-ethyl adjacent to an activating group) is 1. The summed E-state index contributed by atoms with van der Waals surface area (Å²) >= 11 is 0. The van der Waals surface area contributed by atoms with Gasteiger partial charge in [0.2, 0.25) is 11.8 Å². The third-order valence-electron chi connectivity index (χ3n) is 3.11. The SMILES string of the molecule is COCCN(CC(=O)N(C)C)C(=O)C1CC(O)CN1.Cl. The van der Waals surface area contributed by atoms with Crippen molar-refractivity contribution >= 4 is 24.2 Å². The summed E-state index contributed by atoms with van der Waals surface area (Å²) in [7, 11) is 4.85. The molecule has 2 N–H and O–H groups in total. The first-order valence-corrected chi connectivity index (χ1v) is 6.35. The van der Waals surface area contributed by atoms with E-state index in [1.807, 2.05) is 0 Å². The molecular formula is C12H24ClN3O4. The summed E-state index contributed by atoms with van der Waals surface area (Å²) in [6.45, 7) is 1.19. The first-order valence-electron chi connectivity index (χ1n) is 6.35. The van der Waals surface area contributed by atoms with E-state index in [9.17, 15) is 14.7 Å². The molecule has 118 valence electrons. The summed E-state index contributed by atoms with van der Waals surface area (Å²) < 4.78 is 4.96. The molecule has 1 rings (SSSR count). The average molecular weight is 310 g/mol. The number of β-amino-alcohol motifs (C(OH)–C–C–N with tert-alkyl or cyclic N) is 1. The molecule has 0 radical (unpaired) electrons. The summed E-state index contributed by atoms with van der Waals surface area (Å²) in [5.74, 6) is -0.299. The van der Waals surface area contributed by atoms with Crippen LogP contribution in [0, 0.1) is 0 Å². The third kappa shape index (κ3) is 5.62. The van der Waals surface area contributed by atoms with Crippen LogP contribution in [0.3, 0.4) is 0 Å². The minimum Gasteiger partial charge on any atom is -0.392 e. The van der Waals surface area contributed by atoms with Crippen molar-refractivity contribution in [3.05, 3.63) is 0 Å². The second-order valence-corrected chi connectivity index (χ2v) is 4.89. The number of nitrogens with zero attached hydrogens (tertiary/aromatic N) is 2. The number of nitrogens with one attached hydrogen (secondary N) is 1. The number of hydrogen-bond donors (Lipinski definition) is 2. The maximum atomic E-state index is 12.3. The Kier molecular flexibility index (Phi) is 8.71. The van der Waals surface area contributed by atoms with Gasteiger partial charge in [0.25, 0.3) is 0 Å². The van der Waals surface area contributed by atoms with Crippen LogP contribution in [0.1, 0.15) is 6.42 Å². The van der Waals surface area contributed by atoms with Crippen LogP contribution in [0.15, 0.2) is 0 Å². The van der Waals surface area contributed by atoms with E-state index >= 15 is 0 Å². The summed E-state index contributed by atoms with van der Waals surface area (Å²) in [5.41, 5.74) is 0. The molecule has 0 aliphatic carbocycles. The molecule has 2 atom stereocenters. The highest BCUT2D eigenvalue weighted by atomic mass is 35.5. The number of ether oxygens (including phenoxy) is 1. The van der Waals surface area contributed by atoms with Crippen LogP contribution in [0.2, 0.25) is 0 Å². The van der Waals surface area contributed by atoms with E-state index in [0.29, 0.717) is 26.1 Å². The summed E-state index contributed by atoms with van der Waals surface area (Å²) in [5, 5.41) is 12.4. The van der Waals surface area contributed by atoms with E-state index in [2.05, 4.69) is 5.32 Å². The predicted molar refractivity (Wildman–Crippen MR) is 76.8 cm³/mol. The molecule has 0 aromatic rings. The maximum Gasteiger partial charge on any atom is 0.241 e. The van der Waals surface area contributed by atoms with E-state index in [-0.39, 0.29) is 30.8 Å². The van der Waals surface area contributed by atoms with Crippen molar-refractivity contribution in [2.24, 2.45) is 0 Å². The zero-order valence-corrected chi connectivity index (χ0v) is 13.0. The van der Waals surface area contributed by atoms with Gasteiger partial charge >= 0.3 is 0 Å². The number of carbonyl (C=O) groups excluding carboxylic acids is 2. The Labute approximate surface area is 125 Å². The van der Waals surface area contributed by atoms with E-state index < -0.39 is 12.1 Å². The lowest BCUT2D eigenvalue weighted by Crippen LogP contribution is -2.48. The Morgan fingerprint density at radius 2 is 2.05 bits per heavy atom. The number of halogens is 1. The van der Waals surface area contributed by atoms with Crippen molar-refractivity contribution in [3.63, 3.8) is 0 Å². The molecule has 0 saturated carbocycles. The largest absolute Gasteiger partial charge is 0.392 e. The molecule has 1 aliphatic heterocycles. The molecule has 1 aliphatic rings. The van der Waals surface area contributed by atoms with Gasteiger partial charge in [-0.05, 0) is 6.42 Å². The fraction of sp³-hybridized carbons (Fsp3) is 0.833. The van der Waals surface area contributed by atoms with Gasteiger partial charge < -0.3 is 25.0 Å². The smallest absolute Gasteiger partial charge is 0.241 e. The Morgan fingerprint density at radius 1 is 1.40 bits per heavy atom. The van der Waals surface area contributed by atoms with Gasteiger partial charge in [-0.2, -0.15) is 0 Å². The van der Waals surface area contributed by atoms with Gasteiger partial charge in [0.15, 0.2) is 0 Å². The van der Waals surface area contributed by atoms with Gasteiger partial charge in [-0.1, -0.05) is 0 Å². The van der Waals surface area contributed by atoms with E-state index in [1.54, 1.807) is 21.2 Å². The van der Waals surface area contributed by atoms with Gasteiger partial charge in [0.1, 0.15) is 0 Å². The quantitative estimate of drug-likeness (QED) is 0.637. The monoisotopic (exact) mass is 309 g/mol. The highest BCUT2D eigenvalue weighted by molar-refractivity contribution is 5.87. The summed E-state index contributed by atoms with van der Waals surface area (Å²) in [4.78, 5) is 26.9. The second-order valence-electron chi connectivity index (χ2n) is 4.89. The lowest BCUT2D eigenvalue weighted by molar-refractivity contribution is -0.141. The molecular weight excluding hydrogens is 286 g/mol. The minimum atomic E-state index is -0.497. The Bertz CT molecular complexity index is 328. The lowest BCUT2D eigenvalue weighted by atomic mass is 10.2. The minimum absolute atomic E-state index is 0. The first-order chi connectivity index (χ1) is 8.95. The van der Waals surface area contributed by atoms with Crippen molar-refractivity contribution in [2.75, 3.05) is 47.4 Å². The number of aliphatic hydroxyl groups is 1. The molecule has 1 fully saturated rings. The molecule has 0 aromatic carbocycles. The van der Waals surface area contributed by atoms with Gasteiger partial charge in [0, 0.05) is 34.3 Å². The van der Waals surface area contributed by atoms with Gasteiger partial charge in [-0.25, -0.2) is 0 Å². The molecule has 1 saturated heterocycles. The summed E-state index contributed by atoms with van der Waals surface area (Å²) in [6.07, 6.45) is -0.110. The fourth-order valence-electron chi connectivity index (χ4n) is 1.90. The van der Waals surface area contributed by atoms with Crippen molar-refractivity contribution in [1.29, 1.82) is 0 Å². The Balaban J connectivity index is 0.00000361. The third-order valence-corrected chi connectivity index (χ3v) is 3.11. The molecule has 1 heterocycles. The zero-order valence-electron chi connectivity index (χ0n) is 12.2. The van der Waals surface area contributed by atoms with Crippen molar-refractivity contribution in [3.8, 4) is 0 Å². The average Bonchev–Trinajstić information content (AvgIpc) is 2.79. The molecule has 0 aromatic heterocycles. The van der Waals surface area contributed by atoms with Crippen LogP contribution >= 0.6 is 12.4 Å². The van der Waals surface area contributed by atoms with E-state index in [0.717, 1.165) is 0 Å². The Morgan fingerprint density at radius 3 is 2.50 bits per heavy atom. The lowest BCUT2D eigenvalue weighted by Gasteiger charge is -2.26. The fourth-order valence-corrected chi connectivity index (χ4v) is 1.90. The molecule has 0 spiro atoms. The molecule has 0 bridgehead atoms. The van der Waals surface area contributed by atoms with Crippen LogP contribution in [0.4, 0.5) is 0 Å². The van der Waals surface area contributed by atoms with Crippen molar-refractivity contribution in [1.82, 2.24) is 15.1 Å². The molecule has 8 heteroatoms.